The van der Waals surface area contributed by atoms with E-state index in [0.717, 1.165) is 16.9 Å². The maximum atomic E-state index is 12.9. The number of carbonyl (C=O) groups excluding carboxylic acids is 1. The molecule has 0 saturated heterocycles. The molecule has 0 amide bonds. The van der Waals surface area contributed by atoms with E-state index >= 15 is 0 Å². The van der Waals surface area contributed by atoms with Crippen LogP contribution in [0.1, 0.15) is 40.5 Å². The van der Waals surface area contributed by atoms with Gasteiger partial charge < -0.3 is 19.6 Å². The van der Waals surface area contributed by atoms with Crippen LogP contribution in [0.15, 0.2) is 47.8 Å². The third kappa shape index (κ3) is 6.83. The molecule has 1 atom stereocenters. The topological polar surface area (TPSA) is 105 Å². The third-order valence-corrected chi connectivity index (χ3v) is 6.18. The van der Waals surface area contributed by atoms with Gasteiger partial charge in [-0.1, -0.05) is 36.4 Å². The molecule has 0 unspecified atom stereocenters. The predicted molar refractivity (Wildman–Crippen MR) is 133 cm³/mol. The first-order valence-corrected chi connectivity index (χ1v) is 12.0. The standard InChI is InChI=1S/C25H31N3O5S/c1-5-11-32-15-19(29)13-28(12-18-9-7-6-8-10-18)14-20-26-23(30)21-17(4)22(34-24(21)27-20)25(31)33-16(2)3/h5-10,16,19,29H,1,11-15H2,2-4H3,(H,26,27,30)/t19-/m1/s1. The fourth-order valence-electron chi connectivity index (χ4n) is 3.60. The molecule has 0 spiro atoms. The third-order valence-electron chi connectivity index (χ3n) is 5.01. The molecule has 34 heavy (non-hydrogen) atoms. The molecule has 2 heterocycles. The van der Waals surface area contributed by atoms with E-state index in [1.54, 1.807) is 26.8 Å². The number of fused-ring (bicyclic) bond motifs is 1. The van der Waals surface area contributed by atoms with E-state index in [0.29, 0.717) is 52.7 Å². The second-order valence-electron chi connectivity index (χ2n) is 8.34. The van der Waals surface area contributed by atoms with Gasteiger partial charge in [0, 0.05) is 13.1 Å². The molecule has 2 N–H and O–H groups in total. The number of carbonyl (C=O) groups is 1. The molecule has 8 nitrogen and oxygen atoms in total. The Hall–Kier alpha value is -2.85. The smallest absolute Gasteiger partial charge is 0.348 e. The number of hydrogen-bond acceptors (Lipinski definition) is 8. The zero-order valence-electron chi connectivity index (χ0n) is 19.7. The summed E-state index contributed by atoms with van der Waals surface area (Å²) < 4.78 is 10.7. The summed E-state index contributed by atoms with van der Waals surface area (Å²) in [5.41, 5.74) is 1.34. The minimum Gasteiger partial charge on any atom is -0.459 e. The molecule has 0 bridgehead atoms. The monoisotopic (exact) mass is 485 g/mol. The average Bonchev–Trinajstić information content (AvgIpc) is 3.11. The summed E-state index contributed by atoms with van der Waals surface area (Å²) in [5, 5.41) is 10.9. The lowest BCUT2D eigenvalue weighted by Gasteiger charge is -2.24. The number of aromatic amines is 1. The lowest BCUT2D eigenvalue weighted by molar-refractivity contribution is 0.0223. The maximum absolute atomic E-state index is 12.9. The van der Waals surface area contributed by atoms with Gasteiger partial charge in [-0.25, -0.2) is 9.78 Å². The van der Waals surface area contributed by atoms with Crippen LogP contribution < -0.4 is 5.56 Å². The summed E-state index contributed by atoms with van der Waals surface area (Å²) in [4.78, 5) is 35.7. The number of hydrogen-bond donors (Lipinski definition) is 2. The van der Waals surface area contributed by atoms with Crippen LogP contribution in [0, 0.1) is 6.92 Å². The molecule has 0 aliphatic heterocycles. The van der Waals surface area contributed by atoms with E-state index in [9.17, 15) is 14.7 Å². The van der Waals surface area contributed by atoms with Crippen molar-refractivity contribution in [2.45, 2.75) is 46.1 Å². The number of ether oxygens (including phenoxy) is 2. The van der Waals surface area contributed by atoms with Gasteiger partial charge in [-0.2, -0.15) is 0 Å². The zero-order valence-corrected chi connectivity index (χ0v) is 20.6. The van der Waals surface area contributed by atoms with Gasteiger partial charge in [0.25, 0.3) is 5.56 Å². The number of nitrogens with zero attached hydrogens (tertiary/aromatic N) is 2. The van der Waals surface area contributed by atoms with Crippen molar-refractivity contribution in [2.24, 2.45) is 0 Å². The highest BCUT2D eigenvalue weighted by atomic mass is 32.1. The summed E-state index contributed by atoms with van der Waals surface area (Å²) in [6.45, 7) is 10.6. The molecule has 0 saturated carbocycles. The number of esters is 1. The van der Waals surface area contributed by atoms with E-state index in [2.05, 4.69) is 16.5 Å². The van der Waals surface area contributed by atoms with Gasteiger partial charge >= 0.3 is 5.97 Å². The summed E-state index contributed by atoms with van der Waals surface area (Å²) in [5.74, 6) is 0.00229. The molecule has 1 aromatic carbocycles. The van der Waals surface area contributed by atoms with Gasteiger partial charge in [-0.05, 0) is 31.9 Å². The quantitative estimate of drug-likeness (QED) is 0.230. The molecule has 0 fully saturated rings. The molecule has 3 rings (SSSR count). The van der Waals surface area contributed by atoms with Gasteiger partial charge in [0.1, 0.15) is 15.5 Å². The fourth-order valence-corrected chi connectivity index (χ4v) is 4.69. The van der Waals surface area contributed by atoms with Crippen molar-refractivity contribution >= 4 is 27.5 Å². The number of aliphatic hydroxyl groups is 1. The number of benzene rings is 1. The fraction of sp³-hybridized carbons (Fsp3) is 0.400. The van der Waals surface area contributed by atoms with Crippen molar-refractivity contribution < 1.29 is 19.4 Å². The lowest BCUT2D eigenvalue weighted by atomic mass is 10.2. The summed E-state index contributed by atoms with van der Waals surface area (Å²) in [6, 6.07) is 9.86. The Kier molecular flexibility index (Phi) is 9.12. The largest absolute Gasteiger partial charge is 0.459 e. The average molecular weight is 486 g/mol. The Balaban J connectivity index is 1.86. The van der Waals surface area contributed by atoms with Crippen LogP contribution in [0.3, 0.4) is 0 Å². The first-order chi connectivity index (χ1) is 16.3. The Morgan fingerprint density at radius 1 is 1.29 bits per heavy atom. The predicted octanol–water partition coefficient (Wildman–Crippen LogP) is 3.42. The highest BCUT2D eigenvalue weighted by Gasteiger charge is 2.22. The van der Waals surface area contributed by atoms with Crippen LogP contribution in [0.5, 0.6) is 0 Å². The molecule has 2 aromatic heterocycles. The Morgan fingerprint density at radius 2 is 2.03 bits per heavy atom. The molecule has 182 valence electrons. The number of aromatic nitrogens is 2. The van der Waals surface area contributed by atoms with E-state index < -0.39 is 12.1 Å². The molecule has 0 aliphatic carbocycles. The number of thiophene rings is 1. The molecular weight excluding hydrogens is 454 g/mol. The van der Waals surface area contributed by atoms with Crippen molar-refractivity contribution in [2.75, 3.05) is 19.8 Å². The normalized spacial score (nSPS) is 12.4. The van der Waals surface area contributed by atoms with E-state index in [4.69, 9.17) is 9.47 Å². The lowest BCUT2D eigenvalue weighted by Crippen LogP contribution is -2.35. The summed E-state index contributed by atoms with van der Waals surface area (Å²) in [6.07, 6.45) is 0.653. The second kappa shape index (κ2) is 12.0. The van der Waals surface area contributed by atoms with E-state index in [1.807, 2.05) is 35.2 Å². The number of rotatable bonds is 12. The van der Waals surface area contributed by atoms with Gasteiger partial charge in [-0.3, -0.25) is 9.69 Å². The number of H-pyrrole nitrogens is 1. The van der Waals surface area contributed by atoms with Crippen LogP contribution in [0.2, 0.25) is 0 Å². The minimum absolute atomic E-state index is 0.172. The van der Waals surface area contributed by atoms with Gasteiger partial charge in [-0.15, -0.1) is 17.9 Å². The zero-order chi connectivity index (χ0) is 24.7. The summed E-state index contributed by atoms with van der Waals surface area (Å²) in [7, 11) is 0. The first-order valence-electron chi connectivity index (χ1n) is 11.1. The first kappa shape index (κ1) is 25.8. The molecular formula is C25H31N3O5S. The van der Waals surface area contributed by atoms with Crippen molar-refractivity contribution in [1.29, 1.82) is 0 Å². The minimum atomic E-state index is -0.722. The Morgan fingerprint density at radius 3 is 2.71 bits per heavy atom. The molecule has 0 aliphatic rings. The maximum Gasteiger partial charge on any atom is 0.348 e. The van der Waals surface area contributed by atoms with Crippen LogP contribution in [-0.2, 0) is 22.6 Å². The van der Waals surface area contributed by atoms with Gasteiger partial charge in [0.2, 0.25) is 0 Å². The second-order valence-corrected chi connectivity index (χ2v) is 9.34. The molecule has 0 radical (unpaired) electrons. The Bertz CT molecular complexity index is 1170. The molecule has 3 aromatic rings. The van der Waals surface area contributed by atoms with Gasteiger partial charge in [0.15, 0.2) is 0 Å². The van der Waals surface area contributed by atoms with Crippen LogP contribution >= 0.6 is 11.3 Å². The van der Waals surface area contributed by atoms with Crippen molar-refractivity contribution in [3.63, 3.8) is 0 Å². The highest BCUT2D eigenvalue weighted by molar-refractivity contribution is 7.20. The van der Waals surface area contributed by atoms with Crippen molar-refractivity contribution in [1.82, 2.24) is 14.9 Å². The van der Waals surface area contributed by atoms with Crippen molar-refractivity contribution in [3.05, 3.63) is 75.2 Å². The highest BCUT2D eigenvalue weighted by Crippen LogP contribution is 2.28. The Labute approximate surface area is 202 Å². The van der Waals surface area contributed by atoms with E-state index in [-0.39, 0.29) is 18.3 Å². The van der Waals surface area contributed by atoms with E-state index in [1.165, 1.54) is 0 Å². The number of nitrogens with one attached hydrogen (secondary N) is 1. The number of aliphatic hydroxyl groups excluding tert-OH is 1. The number of aryl methyl sites for hydroxylation is 1. The summed E-state index contributed by atoms with van der Waals surface area (Å²) >= 11 is 1.16. The molecule has 9 heteroatoms. The van der Waals surface area contributed by atoms with Crippen LogP contribution in [0.25, 0.3) is 10.2 Å². The van der Waals surface area contributed by atoms with Crippen molar-refractivity contribution in [3.8, 4) is 0 Å². The van der Waals surface area contributed by atoms with Gasteiger partial charge in [0.05, 0.1) is 37.4 Å². The van der Waals surface area contributed by atoms with Crippen LogP contribution in [-0.4, -0.2) is 57.9 Å². The van der Waals surface area contributed by atoms with Crippen LogP contribution in [0.4, 0.5) is 0 Å². The SMILES string of the molecule is C=CCOC[C@H](O)CN(Cc1ccccc1)Cc1nc2sc(C(=O)OC(C)C)c(C)c2c(=O)[nH]1.